The first-order valence-electron chi connectivity index (χ1n) is 5.89. The highest BCUT2D eigenvalue weighted by Crippen LogP contribution is 2.20. The second kappa shape index (κ2) is 4.46. The smallest absolute Gasteiger partial charge is 0.341 e. The molecule has 0 spiro atoms. The summed E-state index contributed by atoms with van der Waals surface area (Å²) in [6.45, 7) is 0. The number of pyridine rings is 1. The number of carbonyl (C=O) groups is 1. The SMILES string of the molecule is Cn1cc(C(=O)O)c(=O)c2oc3ccc(Cl)cc3c(=O)c21. The number of fused-ring (bicyclic) bond motifs is 2. The molecule has 1 N–H and O–H groups in total. The van der Waals surface area contributed by atoms with Gasteiger partial charge in [0.25, 0.3) is 0 Å². The number of hydrogen-bond donors (Lipinski definition) is 1. The number of hydrogen-bond acceptors (Lipinski definition) is 4. The van der Waals surface area contributed by atoms with Crippen LogP contribution < -0.4 is 10.9 Å². The van der Waals surface area contributed by atoms with Crippen molar-refractivity contribution in [3.63, 3.8) is 0 Å². The minimum absolute atomic E-state index is 0.000216. The average molecular weight is 306 g/mol. The zero-order valence-corrected chi connectivity index (χ0v) is 11.5. The van der Waals surface area contributed by atoms with Crippen LogP contribution in [0.2, 0.25) is 5.02 Å². The number of rotatable bonds is 1. The van der Waals surface area contributed by atoms with Crippen LogP contribution in [0.4, 0.5) is 0 Å². The first-order chi connectivity index (χ1) is 9.90. The van der Waals surface area contributed by atoms with Gasteiger partial charge in [-0.15, -0.1) is 0 Å². The maximum atomic E-state index is 12.5. The van der Waals surface area contributed by atoms with Crippen molar-refractivity contribution in [2.24, 2.45) is 7.05 Å². The van der Waals surface area contributed by atoms with Gasteiger partial charge < -0.3 is 14.1 Å². The van der Waals surface area contributed by atoms with E-state index in [2.05, 4.69) is 0 Å². The van der Waals surface area contributed by atoms with Crippen LogP contribution in [0, 0.1) is 0 Å². The molecule has 0 saturated carbocycles. The van der Waals surface area contributed by atoms with E-state index in [9.17, 15) is 14.4 Å². The van der Waals surface area contributed by atoms with Gasteiger partial charge in [0.1, 0.15) is 16.7 Å². The monoisotopic (exact) mass is 305 g/mol. The van der Waals surface area contributed by atoms with E-state index in [1.54, 1.807) is 0 Å². The van der Waals surface area contributed by atoms with Gasteiger partial charge in [0.2, 0.25) is 16.4 Å². The predicted octanol–water partition coefficient (Wildman–Crippen LogP) is 2.00. The fraction of sp³-hybridized carbons (Fsp3) is 0.0714. The molecule has 0 saturated heterocycles. The molecule has 0 bridgehead atoms. The zero-order chi connectivity index (χ0) is 15.3. The molecule has 3 rings (SSSR count). The first-order valence-corrected chi connectivity index (χ1v) is 6.27. The van der Waals surface area contributed by atoms with Crippen molar-refractivity contribution in [3.8, 4) is 0 Å². The van der Waals surface area contributed by atoms with E-state index in [1.807, 2.05) is 0 Å². The van der Waals surface area contributed by atoms with Gasteiger partial charge in [0.05, 0.1) is 5.39 Å². The second-order valence-corrected chi connectivity index (χ2v) is 4.97. The Hall–Kier alpha value is -2.60. The largest absolute Gasteiger partial charge is 0.477 e. The van der Waals surface area contributed by atoms with Crippen molar-refractivity contribution in [1.29, 1.82) is 0 Å². The molecule has 0 fully saturated rings. The summed E-state index contributed by atoms with van der Waals surface area (Å²) in [4.78, 5) is 35.7. The number of carboxylic acid groups (broad SMARTS) is 1. The number of benzene rings is 1. The maximum Gasteiger partial charge on any atom is 0.341 e. The highest BCUT2D eigenvalue weighted by Gasteiger charge is 2.18. The Bertz CT molecular complexity index is 1030. The van der Waals surface area contributed by atoms with E-state index in [1.165, 1.54) is 29.8 Å². The Morgan fingerprint density at radius 3 is 2.67 bits per heavy atom. The van der Waals surface area contributed by atoms with Gasteiger partial charge in [-0.1, -0.05) is 11.6 Å². The number of aromatic carboxylic acids is 1. The van der Waals surface area contributed by atoms with Crippen molar-refractivity contribution < 1.29 is 14.3 Å². The molecule has 106 valence electrons. The first kappa shape index (κ1) is 13.4. The summed E-state index contributed by atoms with van der Waals surface area (Å²) in [5, 5.41) is 9.61. The molecule has 0 aliphatic heterocycles. The number of halogens is 1. The molecule has 0 aliphatic rings. The molecular formula is C14H8ClNO5. The second-order valence-electron chi connectivity index (χ2n) is 4.54. The van der Waals surface area contributed by atoms with Gasteiger partial charge in [-0.2, -0.15) is 0 Å². The quantitative estimate of drug-likeness (QED) is 0.694. The normalized spacial score (nSPS) is 11.1. The molecule has 0 aliphatic carbocycles. The summed E-state index contributed by atoms with van der Waals surface area (Å²) in [6, 6.07) is 4.42. The Morgan fingerprint density at radius 1 is 1.29 bits per heavy atom. The highest BCUT2D eigenvalue weighted by molar-refractivity contribution is 6.31. The zero-order valence-electron chi connectivity index (χ0n) is 10.7. The Balaban J connectivity index is 2.63. The molecule has 2 heterocycles. The molecule has 21 heavy (non-hydrogen) atoms. The van der Waals surface area contributed by atoms with Gasteiger partial charge >= 0.3 is 5.97 Å². The van der Waals surface area contributed by atoms with Crippen molar-refractivity contribution in [3.05, 3.63) is 55.4 Å². The third kappa shape index (κ3) is 1.92. The Labute approximate surface area is 121 Å². The number of aromatic nitrogens is 1. The molecule has 1 aromatic carbocycles. The number of aryl methyl sites for hydroxylation is 1. The van der Waals surface area contributed by atoms with E-state index in [4.69, 9.17) is 21.1 Å². The van der Waals surface area contributed by atoms with E-state index in [0.717, 1.165) is 6.20 Å². The van der Waals surface area contributed by atoms with Gasteiger partial charge in [0.15, 0.2) is 0 Å². The van der Waals surface area contributed by atoms with Crippen LogP contribution in [-0.4, -0.2) is 15.6 Å². The van der Waals surface area contributed by atoms with Gasteiger partial charge in [-0.3, -0.25) is 9.59 Å². The van der Waals surface area contributed by atoms with E-state index in [-0.39, 0.29) is 22.1 Å². The van der Waals surface area contributed by atoms with Gasteiger partial charge in [0, 0.05) is 18.3 Å². The maximum absolute atomic E-state index is 12.5. The van der Waals surface area contributed by atoms with Crippen molar-refractivity contribution in [2.45, 2.75) is 0 Å². The Morgan fingerprint density at radius 2 is 2.00 bits per heavy atom. The third-order valence-corrected chi connectivity index (χ3v) is 3.42. The van der Waals surface area contributed by atoms with Crippen LogP contribution in [0.3, 0.4) is 0 Å². The molecule has 0 amide bonds. The molecule has 6 nitrogen and oxygen atoms in total. The fourth-order valence-corrected chi connectivity index (χ4v) is 2.40. The average Bonchev–Trinajstić information content (AvgIpc) is 2.43. The van der Waals surface area contributed by atoms with Crippen LogP contribution in [0.15, 0.2) is 38.4 Å². The Kier molecular flexibility index (Phi) is 2.84. The number of carboxylic acids is 1. The number of nitrogens with zero attached hydrogens (tertiary/aromatic N) is 1. The van der Waals surface area contributed by atoms with Crippen LogP contribution in [0.25, 0.3) is 22.1 Å². The topological polar surface area (TPSA) is 89.5 Å². The van der Waals surface area contributed by atoms with Crippen LogP contribution in [0.5, 0.6) is 0 Å². The molecule has 0 atom stereocenters. The van der Waals surface area contributed by atoms with Crippen LogP contribution in [0.1, 0.15) is 10.4 Å². The lowest BCUT2D eigenvalue weighted by Gasteiger charge is -2.07. The lowest BCUT2D eigenvalue weighted by Crippen LogP contribution is -2.21. The minimum Gasteiger partial charge on any atom is -0.477 e. The third-order valence-electron chi connectivity index (χ3n) is 3.19. The fourth-order valence-electron chi connectivity index (χ4n) is 2.22. The van der Waals surface area contributed by atoms with Crippen molar-refractivity contribution in [2.75, 3.05) is 0 Å². The molecule has 0 unspecified atom stereocenters. The van der Waals surface area contributed by atoms with Crippen LogP contribution in [-0.2, 0) is 7.05 Å². The van der Waals surface area contributed by atoms with Crippen molar-refractivity contribution in [1.82, 2.24) is 4.57 Å². The highest BCUT2D eigenvalue weighted by atomic mass is 35.5. The predicted molar refractivity (Wildman–Crippen MR) is 77.2 cm³/mol. The summed E-state index contributed by atoms with van der Waals surface area (Å²) < 4.78 is 6.70. The van der Waals surface area contributed by atoms with Gasteiger partial charge in [-0.05, 0) is 18.2 Å². The van der Waals surface area contributed by atoms with E-state index >= 15 is 0 Å². The lowest BCUT2D eigenvalue weighted by atomic mass is 10.1. The van der Waals surface area contributed by atoms with Crippen LogP contribution >= 0.6 is 11.6 Å². The van der Waals surface area contributed by atoms with Gasteiger partial charge in [-0.25, -0.2) is 4.79 Å². The summed E-state index contributed by atoms with van der Waals surface area (Å²) in [7, 11) is 1.47. The van der Waals surface area contributed by atoms with E-state index in [0.29, 0.717) is 5.02 Å². The lowest BCUT2D eigenvalue weighted by molar-refractivity contribution is 0.0694. The summed E-state index contributed by atoms with van der Waals surface area (Å²) in [6.07, 6.45) is 1.10. The minimum atomic E-state index is -1.38. The molecular weight excluding hydrogens is 298 g/mol. The summed E-state index contributed by atoms with van der Waals surface area (Å²) in [5.41, 5.74) is -1.83. The standard InChI is InChI=1S/C14H8ClNO5/c1-16-5-8(14(19)20)12(18)13-10(16)11(17)7-4-6(15)2-3-9(7)21-13/h2-5H,1H3,(H,19,20). The molecule has 3 aromatic rings. The van der Waals surface area contributed by atoms with Crippen molar-refractivity contribution >= 4 is 39.6 Å². The van der Waals surface area contributed by atoms with E-state index < -0.39 is 22.4 Å². The molecule has 0 radical (unpaired) electrons. The molecule has 7 heteroatoms. The molecule has 2 aromatic heterocycles. The summed E-state index contributed by atoms with van der Waals surface area (Å²) >= 11 is 5.85. The summed E-state index contributed by atoms with van der Waals surface area (Å²) in [5.74, 6) is -1.38.